The van der Waals surface area contributed by atoms with Gasteiger partial charge in [0.1, 0.15) is 35.3 Å². The zero-order valence-electron chi connectivity index (χ0n) is 20.2. The number of rotatable bonds is 7. The van der Waals surface area contributed by atoms with Crippen LogP contribution in [0.1, 0.15) is 55.1 Å². The molecule has 8 nitrogen and oxygen atoms in total. The third-order valence-electron chi connectivity index (χ3n) is 6.86. The van der Waals surface area contributed by atoms with Crippen LogP contribution in [0.3, 0.4) is 0 Å². The highest BCUT2D eigenvalue weighted by Crippen LogP contribution is 2.37. The van der Waals surface area contributed by atoms with E-state index in [1.165, 1.54) is 25.4 Å². The number of carbonyl (C=O) groups excluding carboxylic acids is 2. The molecule has 0 radical (unpaired) electrons. The van der Waals surface area contributed by atoms with Gasteiger partial charge in [0, 0.05) is 30.6 Å². The maximum atomic E-state index is 14.8. The molecule has 1 aromatic carbocycles. The van der Waals surface area contributed by atoms with Crippen LogP contribution >= 0.6 is 0 Å². The molecule has 5 rings (SSSR count). The maximum absolute atomic E-state index is 14.8. The Labute approximate surface area is 207 Å². The number of carbonyl (C=O) groups is 2. The number of hydrogen-bond donors (Lipinski definition) is 3. The van der Waals surface area contributed by atoms with Gasteiger partial charge in [-0.25, -0.2) is 18.7 Å². The zero-order valence-corrected chi connectivity index (χ0v) is 20.2. The van der Waals surface area contributed by atoms with Crippen molar-refractivity contribution in [3.8, 4) is 17.0 Å². The van der Waals surface area contributed by atoms with Crippen molar-refractivity contribution in [3.05, 3.63) is 41.6 Å². The number of aryl methyl sites for hydroxylation is 1. The summed E-state index contributed by atoms with van der Waals surface area (Å²) in [6, 6.07) is 3.39. The van der Waals surface area contributed by atoms with E-state index < -0.39 is 23.9 Å². The second-order valence-corrected chi connectivity index (χ2v) is 9.77. The fourth-order valence-corrected chi connectivity index (χ4v) is 4.85. The van der Waals surface area contributed by atoms with E-state index in [4.69, 9.17) is 4.74 Å². The number of alkyl halides is 1. The number of hydrogen-bond acceptors (Lipinski definition) is 5. The summed E-state index contributed by atoms with van der Waals surface area (Å²) in [6.45, 7) is 3.69. The summed E-state index contributed by atoms with van der Waals surface area (Å²) in [7, 11) is 0. The Balaban J connectivity index is 1.41. The summed E-state index contributed by atoms with van der Waals surface area (Å²) in [5.74, 6) is -0.0418. The third-order valence-corrected chi connectivity index (χ3v) is 6.86. The molecule has 0 spiro atoms. The highest BCUT2D eigenvalue weighted by Gasteiger charge is 2.33. The van der Waals surface area contributed by atoms with Crippen LogP contribution in [0.15, 0.2) is 24.5 Å². The molecule has 2 heterocycles. The third kappa shape index (κ3) is 5.03. The first kappa shape index (κ1) is 24.1. The lowest BCUT2D eigenvalue weighted by Gasteiger charge is -2.32. The van der Waals surface area contributed by atoms with Gasteiger partial charge in [0.2, 0.25) is 5.91 Å². The predicted octanol–water partition coefficient (Wildman–Crippen LogP) is 3.99. The van der Waals surface area contributed by atoms with Crippen molar-refractivity contribution < 1.29 is 23.1 Å². The number of amides is 2. The van der Waals surface area contributed by atoms with E-state index in [1.54, 1.807) is 13.0 Å². The van der Waals surface area contributed by atoms with Gasteiger partial charge >= 0.3 is 0 Å². The molecule has 3 N–H and O–H groups in total. The first-order chi connectivity index (χ1) is 17.3. The van der Waals surface area contributed by atoms with Gasteiger partial charge < -0.3 is 20.4 Å². The second-order valence-electron chi connectivity index (χ2n) is 9.77. The Morgan fingerprint density at radius 3 is 2.69 bits per heavy atom. The fraction of sp³-hybridized carbons (Fsp3) is 0.462. The van der Waals surface area contributed by atoms with Gasteiger partial charge in [-0.15, -0.1) is 0 Å². The van der Waals surface area contributed by atoms with Crippen molar-refractivity contribution in [1.29, 1.82) is 0 Å². The Morgan fingerprint density at radius 2 is 1.97 bits per heavy atom. The van der Waals surface area contributed by atoms with Crippen molar-refractivity contribution in [3.63, 3.8) is 0 Å². The van der Waals surface area contributed by atoms with Crippen LogP contribution in [0.5, 0.6) is 5.75 Å². The van der Waals surface area contributed by atoms with Gasteiger partial charge in [0.25, 0.3) is 5.91 Å². The van der Waals surface area contributed by atoms with Gasteiger partial charge in [-0.3, -0.25) is 9.59 Å². The summed E-state index contributed by atoms with van der Waals surface area (Å²) < 4.78 is 35.0. The van der Waals surface area contributed by atoms with Gasteiger partial charge in [0.15, 0.2) is 0 Å². The molecule has 3 atom stereocenters. The number of aromatic amines is 1. The molecular weight excluding hydrogens is 468 g/mol. The van der Waals surface area contributed by atoms with E-state index in [0.717, 1.165) is 12.8 Å². The minimum Gasteiger partial charge on any atom is -0.493 e. The Morgan fingerprint density at radius 1 is 1.17 bits per heavy atom. The molecule has 3 aromatic rings. The van der Waals surface area contributed by atoms with Gasteiger partial charge in [-0.1, -0.05) is 0 Å². The quantitative estimate of drug-likeness (QED) is 0.458. The number of H-pyrrole nitrogens is 1. The lowest BCUT2D eigenvalue weighted by molar-refractivity contribution is -0.120. The molecule has 0 saturated heterocycles. The lowest BCUT2D eigenvalue weighted by atomic mass is 9.89. The van der Waals surface area contributed by atoms with Crippen LogP contribution in [0.25, 0.3) is 22.3 Å². The molecule has 36 heavy (non-hydrogen) atoms. The van der Waals surface area contributed by atoms with Crippen LogP contribution in [0, 0.1) is 18.7 Å². The average molecular weight is 498 g/mol. The second kappa shape index (κ2) is 9.83. The molecule has 2 amide bonds. The number of ether oxygens (including phenoxy) is 1. The van der Waals surface area contributed by atoms with Crippen molar-refractivity contribution in [2.24, 2.45) is 5.92 Å². The molecule has 2 aromatic heterocycles. The number of benzene rings is 1. The summed E-state index contributed by atoms with van der Waals surface area (Å²) in [5, 5.41) is 5.55. The Hall–Kier alpha value is -3.56. The number of halogens is 2. The smallest absolute Gasteiger partial charge is 0.255 e. The van der Waals surface area contributed by atoms with E-state index in [-0.39, 0.29) is 18.4 Å². The molecule has 2 aliphatic carbocycles. The lowest BCUT2D eigenvalue weighted by Crippen LogP contribution is -2.49. The highest BCUT2D eigenvalue weighted by molar-refractivity contribution is 6.09. The van der Waals surface area contributed by atoms with E-state index in [2.05, 4.69) is 25.6 Å². The van der Waals surface area contributed by atoms with Gasteiger partial charge in [-0.05, 0) is 56.7 Å². The summed E-state index contributed by atoms with van der Waals surface area (Å²) in [6.07, 6.45) is 3.42. The molecule has 10 heteroatoms. The standard InChI is InChI=1S/C26H29F2N5O3/c1-13-22(26(35)33-20-7-6-17(10-19(20)28)32-14(2)34)24-25(31-13)23(29-12-30-24)18-9-16(27)5-8-21(18)36-11-15-3-4-15/h5,8-9,12,15,17,19-20,31H,3-4,6-7,10-11H2,1-2H3,(H,32,34)(H,33,35). The molecule has 0 bridgehead atoms. The van der Waals surface area contributed by atoms with Crippen LogP contribution in [-0.2, 0) is 4.79 Å². The maximum Gasteiger partial charge on any atom is 0.255 e. The van der Waals surface area contributed by atoms with E-state index in [1.807, 2.05) is 0 Å². The number of nitrogens with one attached hydrogen (secondary N) is 3. The normalized spacial score (nSPS) is 21.8. The van der Waals surface area contributed by atoms with E-state index in [0.29, 0.717) is 64.7 Å². The molecule has 2 saturated carbocycles. The van der Waals surface area contributed by atoms with E-state index >= 15 is 0 Å². The molecular formula is C26H29F2N5O3. The van der Waals surface area contributed by atoms with Gasteiger partial charge in [0.05, 0.1) is 23.7 Å². The van der Waals surface area contributed by atoms with Crippen molar-refractivity contribution in [1.82, 2.24) is 25.6 Å². The minimum atomic E-state index is -1.28. The monoisotopic (exact) mass is 497 g/mol. The summed E-state index contributed by atoms with van der Waals surface area (Å²) in [4.78, 5) is 36.4. The van der Waals surface area contributed by atoms with Crippen LogP contribution in [-0.4, -0.2) is 51.6 Å². The van der Waals surface area contributed by atoms with Crippen molar-refractivity contribution >= 4 is 22.8 Å². The molecule has 0 aliphatic heterocycles. The zero-order chi connectivity index (χ0) is 25.4. The van der Waals surface area contributed by atoms with E-state index in [9.17, 15) is 18.4 Å². The topological polar surface area (TPSA) is 109 Å². The Kier molecular flexibility index (Phi) is 6.59. The minimum absolute atomic E-state index is 0.146. The molecule has 2 aliphatic rings. The first-order valence-corrected chi connectivity index (χ1v) is 12.3. The molecule has 3 unspecified atom stereocenters. The van der Waals surface area contributed by atoms with Crippen LogP contribution in [0.2, 0.25) is 0 Å². The van der Waals surface area contributed by atoms with Crippen LogP contribution in [0.4, 0.5) is 8.78 Å². The predicted molar refractivity (Wildman–Crippen MR) is 130 cm³/mol. The SMILES string of the molecule is CC(=O)NC1CCC(NC(=O)c2c(C)[nH]c3c(-c4cc(F)ccc4OCC4CC4)ncnc23)C(F)C1. The summed E-state index contributed by atoms with van der Waals surface area (Å²) >= 11 is 0. The molecule has 190 valence electrons. The largest absolute Gasteiger partial charge is 0.493 e. The first-order valence-electron chi connectivity index (χ1n) is 12.3. The average Bonchev–Trinajstić information content (AvgIpc) is 3.59. The van der Waals surface area contributed by atoms with Crippen molar-refractivity contribution in [2.45, 2.75) is 64.2 Å². The number of aromatic nitrogens is 3. The van der Waals surface area contributed by atoms with Gasteiger partial charge in [-0.2, -0.15) is 0 Å². The van der Waals surface area contributed by atoms with Crippen LogP contribution < -0.4 is 15.4 Å². The van der Waals surface area contributed by atoms with Crippen molar-refractivity contribution in [2.75, 3.05) is 6.61 Å². The summed E-state index contributed by atoms with van der Waals surface area (Å²) in [5.41, 5.74) is 2.58. The number of nitrogens with zero attached hydrogens (tertiary/aromatic N) is 2. The highest BCUT2D eigenvalue weighted by atomic mass is 19.1. The number of fused-ring (bicyclic) bond motifs is 1. The Bertz CT molecular complexity index is 1310. The fourth-order valence-electron chi connectivity index (χ4n) is 4.85. The molecule has 2 fully saturated rings.